The molecular weight excluding hydrogens is 236 g/mol. The summed E-state index contributed by atoms with van der Waals surface area (Å²) < 4.78 is 0. The van der Waals surface area contributed by atoms with E-state index < -0.39 is 0 Å². The van der Waals surface area contributed by atoms with Crippen molar-refractivity contribution in [3.05, 3.63) is 11.8 Å². The Bertz CT molecular complexity index is 326. The van der Waals surface area contributed by atoms with Gasteiger partial charge in [0, 0.05) is 19.3 Å². The van der Waals surface area contributed by atoms with E-state index in [1.54, 1.807) is 0 Å². The third-order valence-corrected chi connectivity index (χ3v) is 4.87. The lowest BCUT2D eigenvalue weighted by Gasteiger charge is -2.31. The molecule has 3 heteroatoms. The van der Waals surface area contributed by atoms with Gasteiger partial charge in [-0.3, -0.25) is 0 Å². The van der Waals surface area contributed by atoms with E-state index in [4.69, 9.17) is 0 Å². The first kappa shape index (κ1) is 14.4. The van der Waals surface area contributed by atoms with Crippen LogP contribution in [-0.4, -0.2) is 24.0 Å². The molecule has 0 aliphatic heterocycles. The fraction of sp³-hybridized carbons (Fsp3) is 0.812. The number of nitrogens with zero attached hydrogens (tertiary/aromatic N) is 1. The molecule has 2 rings (SSSR count). The second-order valence-corrected chi connectivity index (χ2v) is 6.22. The van der Waals surface area contributed by atoms with Gasteiger partial charge in [-0.15, -0.1) is 0 Å². The number of hydrogen-bond donors (Lipinski definition) is 1. The van der Waals surface area contributed by atoms with Crippen molar-refractivity contribution in [3.8, 4) is 0 Å². The largest absolute Gasteiger partial charge is 0.325 e. The molecule has 1 N–H and O–H groups in total. The third-order valence-electron chi connectivity index (χ3n) is 4.87. The molecule has 0 aromatic heterocycles. The fourth-order valence-electron chi connectivity index (χ4n) is 3.41. The van der Waals surface area contributed by atoms with E-state index in [-0.39, 0.29) is 6.03 Å². The summed E-state index contributed by atoms with van der Waals surface area (Å²) in [5.74, 6) is 0.695. The van der Waals surface area contributed by atoms with Gasteiger partial charge in [0.1, 0.15) is 0 Å². The summed E-state index contributed by atoms with van der Waals surface area (Å²) in [4.78, 5) is 14.0. The normalized spacial score (nSPS) is 22.5. The molecule has 0 aromatic carbocycles. The average molecular weight is 264 g/mol. The molecule has 2 amide bonds. The summed E-state index contributed by atoms with van der Waals surface area (Å²) in [7, 11) is 1.93. The zero-order chi connectivity index (χ0) is 13.7. The van der Waals surface area contributed by atoms with Gasteiger partial charge in [-0.1, -0.05) is 37.7 Å². The Kier molecular flexibility index (Phi) is 5.29. The predicted molar refractivity (Wildman–Crippen MR) is 78.9 cm³/mol. The average Bonchev–Trinajstić information content (AvgIpc) is 2.98. The topological polar surface area (TPSA) is 32.3 Å². The van der Waals surface area contributed by atoms with Crippen LogP contribution in [0.5, 0.6) is 0 Å². The molecule has 3 nitrogen and oxygen atoms in total. The number of rotatable bonds is 3. The van der Waals surface area contributed by atoms with E-state index in [1.807, 2.05) is 18.1 Å². The predicted octanol–water partition coefficient (Wildman–Crippen LogP) is 4.05. The van der Waals surface area contributed by atoms with Crippen LogP contribution >= 0.6 is 0 Å². The lowest BCUT2D eigenvalue weighted by atomic mass is 9.95. The summed E-state index contributed by atoms with van der Waals surface area (Å²) >= 11 is 0. The standard InChI is InChI=1S/C16H28N2O/c1-13(14-8-6-7-9-14)12-17-16(19)18(2)15-10-4-3-5-11-15/h12,14-15H,3-11H2,1-2H3,(H,17,19)/b13-12+. The highest BCUT2D eigenvalue weighted by Gasteiger charge is 2.22. The highest BCUT2D eigenvalue weighted by atomic mass is 16.2. The first-order chi connectivity index (χ1) is 9.18. The van der Waals surface area contributed by atoms with Gasteiger partial charge in [-0.2, -0.15) is 0 Å². The van der Waals surface area contributed by atoms with Crippen LogP contribution in [0.25, 0.3) is 0 Å². The van der Waals surface area contributed by atoms with E-state index in [1.165, 1.54) is 50.5 Å². The van der Waals surface area contributed by atoms with Crippen LogP contribution < -0.4 is 5.32 Å². The van der Waals surface area contributed by atoms with Crippen molar-refractivity contribution >= 4 is 6.03 Å². The molecular formula is C16H28N2O. The Morgan fingerprint density at radius 3 is 2.26 bits per heavy atom. The first-order valence-corrected chi connectivity index (χ1v) is 7.88. The van der Waals surface area contributed by atoms with Crippen LogP contribution in [0.2, 0.25) is 0 Å². The Hall–Kier alpha value is -0.990. The Morgan fingerprint density at radius 2 is 1.63 bits per heavy atom. The van der Waals surface area contributed by atoms with Gasteiger partial charge in [0.25, 0.3) is 0 Å². The second kappa shape index (κ2) is 6.97. The molecule has 2 aliphatic rings. The first-order valence-electron chi connectivity index (χ1n) is 7.88. The van der Waals surface area contributed by atoms with E-state index >= 15 is 0 Å². The minimum atomic E-state index is 0.0595. The summed E-state index contributed by atoms with van der Waals surface area (Å²) in [6.45, 7) is 2.15. The second-order valence-electron chi connectivity index (χ2n) is 6.22. The van der Waals surface area contributed by atoms with Crippen LogP contribution in [0.4, 0.5) is 4.79 Å². The Labute approximate surface area is 117 Å². The van der Waals surface area contributed by atoms with Gasteiger partial charge >= 0.3 is 6.03 Å². The molecule has 2 fully saturated rings. The van der Waals surface area contributed by atoms with Crippen LogP contribution in [-0.2, 0) is 0 Å². The molecule has 19 heavy (non-hydrogen) atoms. The summed E-state index contributed by atoms with van der Waals surface area (Å²) in [5.41, 5.74) is 1.34. The molecule has 0 radical (unpaired) electrons. The van der Waals surface area contributed by atoms with Crippen molar-refractivity contribution in [2.75, 3.05) is 7.05 Å². The summed E-state index contributed by atoms with van der Waals surface area (Å²) in [6.07, 6.45) is 13.4. The molecule has 0 aromatic rings. The van der Waals surface area contributed by atoms with E-state index in [9.17, 15) is 4.79 Å². The minimum Gasteiger partial charge on any atom is -0.325 e. The van der Waals surface area contributed by atoms with Crippen LogP contribution in [0.3, 0.4) is 0 Å². The minimum absolute atomic E-state index is 0.0595. The Morgan fingerprint density at radius 1 is 1.05 bits per heavy atom. The molecule has 0 bridgehead atoms. The Balaban J connectivity index is 1.80. The van der Waals surface area contributed by atoms with Crippen molar-refractivity contribution in [2.24, 2.45) is 5.92 Å². The lowest BCUT2D eigenvalue weighted by Crippen LogP contribution is -2.42. The number of allylic oxidation sites excluding steroid dienone is 1. The molecule has 0 heterocycles. The van der Waals surface area contributed by atoms with Crippen molar-refractivity contribution in [2.45, 2.75) is 70.8 Å². The molecule has 108 valence electrons. The summed E-state index contributed by atoms with van der Waals surface area (Å²) in [6, 6.07) is 0.498. The molecule has 0 atom stereocenters. The molecule has 0 spiro atoms. The van der Waals surface area contributed by atoms with E-state index in [2.05, 4.69) is 12.2 Å². The maximum absolute atomic E-state index is 12.1. The zero-order valence-electron chi connectivity index (χ0n) is 12.5. The van der Waals surface area contributed by atoms with Gasteiger partial charge in [0.05, 0.1) is 0 Å². The fourth-order valence-corrected chi connectivity index (χ4v) is 3.41. The van der Waals surface area contributed by atoms with E-state index in [0.29, 0.717) is 12.0 Å². The van der Waals surface area contributed by atoms with Gasteiger partial charge in [-0.25, -0.2) is 4.79 Å². The molecule has 2 aliphatic carbocycles. The van der Waals surface area contributed by atoms with Crippen molar-refractivity contribution < 1.29 is 4.79 Å². The van der Waals surface area contributed by atoms with Gasteiger partial charge in [0.2, 0.25) is 0 Å². The highest BCUT2D eigenvalue weighted by molar-refractivity contribution is 5.75. The number of amides is 2. The van der Waals surface area contributed by atoms with Crippen LogP contribution in [0, 0.1) is 5.92 Å². The number of nitrogens with one attached hydrogen (secondary N) is 1. The lowest BCUT2D eigenvalue weighted by molar-refractivity contribution is 0.177. The summed E-state index contributed by atoms with van der Waals surface area (Å²) in [5, 5.41) is 2.98. The smallest absolute Gasteiger partial charge is 0.321 e. The number of carbonyl (C=O) groups is 1. The van der Waals surface area contributed by atoms with Gasteiger partial charge < -0.3 is 10.2 Å². The van der Waals surface area contributed by atoms with Crippen LogP contribution in [0.1, 0.15) is 64.7 Å². The van der Waals surface area contributed by atoms with Gasteiger partial charge in [-0.05, 0) is 38.5 Å². The maximum atomic E-state index is 12.1. The number of urea groups is 1. The van der Waals surface area contributed by atoms with Crippen LogP contribution in [0.15, 0.2) is 11.8 Å². The molecule has 0 saturated heterocycles. The molecule has 0 unspecified atom stereocenters. The maximum Gasteiger partial charge on any atom is 0.321 e. The van der Waals surface area contributed by atoms with Gasteiger partial charge in [0.15, 0.2) is 0 Å². The monoisotopic (exact) mass is 264 g/mol. The van der Waals surface area contributed by atoms with Crippen molar-refractivity contribution in [1.82, 2.24) is 10.2 Å². The van der Waals surface area contributed by atoms with E-state index in [0.717, 1.165) is 12.8 Å². The third kappa shape index (κ3) is 3.99. The zero-order valence-corrected chi connectivity index (χ0v) is 12.5. The SMILES string of the molecule is C/C(=C\NC(=O)N(C)C1CCCCC1)C1CCCC1. The number of carbonyl (C=O) groups excluding carboxylic acids is 1. The van der Waals surface area contributed by atoms with Crippen molar-refractivity contribution in [3.63, 3.8) is 0 Å². The highest BCUT2D eigenvalue weighted by Crippen LogP contribution is 2.30. The van der Waals surface area contributed by atoms with Crippen molar-refractivity contribution in [1.29, 1.82) is 0 Å². The molecule has 2 saturated carbocycles. The quantitative estimate of drug-likeness (QED) is 0.819. The number of hydrogen-bond acceptors (Lipinski definition) is 1.